The number of thiazole rings is 1. The number of hydrogen-bond acceptors (Lipinski definition) is 7. The number of benzene rings is 1. The van der Waals surface area contributed by atoms with Gasteiger partial charge in [-0.05, 0) is 38.5 Å². The Morgan fingerprint density at radius 3 is 2.70 bits per heavy atom. The third-order valence-corrected chi connectivity index (χ3v) is 6.62. The van der Waals surface area contributed by atoms with Gasteiger partial charge in [-0.25, -0.2) is 4.98 Å². The predicted molar refractivity (Wildman–Crippen MR) is 120 cm³/mol. The van der Waals surface area contributed by atoms with E-state index in [0.717, 1.165) is 11.3 Å². The van der Waals surface area contributed by atoms with Crippen LogP contribution in [0, 0.1) is 13.8 Å². The maximum Gasteiger partial charge on any atom is 0.239 e. The predicted octanol–water partition coefficient (Wildman–Crippen LogP) is 3.84. The van der Waals surface area contributed by atoms with E-state index in [9.17, 15) is 9.59 Å². The van der Waals surface area contributed by atoms with Gasteiger partial charge in [-0.3, -0.25) is 9.59 Å². The molecule has 0 bridgehead atoms. The van der Waals surface area contributed by atoms with Crippen LogP contribution >= 0.6 is 34.7 Å². The van der Waals surface area contributed by atoms with E-state index in [1.165, 1.54) is 23.1 Å². The maximum atomic E-state index is 12.4. The van der Waals surface area contributed by atoms with E-state index >= 15 is 0 Å². The van der Waals surface area contributed by atoms with Crippen molar-refractivity contribution in [2.45, 2.75) is 37.6 Å². The molecular weight excluding hydrogens is 444 g/mol. The molecule has 0 saturated heterocycles. The first kappa shape index (κ1) is 22.3. The first-order valence-electron chi connectivity index (χ1n) is 9.07. The maximum absolute atomic E-state index is 12.4. The molecule has 158 valence electrons. The fraction of sp³-hybridized carbons (Fsp3) is 0.316. The van der Waals surface area contributed by atoms with Crippen molar-refractivity contribution < 1.29 is 9.59 Å². The second kappa shape index (κ2) is 9.59. The zero-order valence-corrected chi connectivity index (χ0v) is 19.3. The molecule has 0 spiro atoms. The van der Waals surface area contributed by atoms with Crippen molar-refractivity contribution in [1.82, 2.24) is 19.7 Å². The molecule has 11 heteroatoms. The Morgan fingerprint density at radius 1 is 1.27 bits per heavy atom. The molecule has 0 radical (unpaired) electrons. The average molecular weight is 465 g/mol. The Bertz CT molecular complexity index is 1080. The van der Waals surface area contributed by atoms with Crippen molar-refractivity contribution in [3.63, 3.8) is 0 Å². The van der Waals surface area contributed by atoms with Gasteiger partial charge in [0.1, 0.15) is 5.82 Å². The highest BCUT2D eigenvalue weighted by molar-refractivity contribution is 8.00. The van der Waals surface area contributed by atoms with Gasteiger partial charge >= 0.3 is 0 Å². The lowest BCUT2D eigenvalue weighted by molar-refractivity contribution is -0.116. The summed E-state index contributed by atoms with van der Waals surface area (Å²) in [7, 11) is 1.77. The van der Waals surface area contributed by atoms with Crippen molar-refractivity contribution >= 4 is 57.3 Å². The van der Waals surface area contributed by atoms with Gasteiger partial charge in [-0.15, -0.1) is 21.5 Å². The second-order valence-corrected chi connectivity index (χ2v) is 9.26. The van der Waals surface area contributed by atoms with Crippen LogP contribution in [-0.4, -0.2) is 36.8 Å². The number of halogens is 1. The molecule has 0 fully saturated rings. The largest absolute Gasteiger partial charge is 0.326 e. The van der Waals surface area contributed by atoms with Crippen LogP contribution in [0.4, 0.5) is 10.8 Å². The first-order chi connectivity index (χ1) is 14.2. The SMILES string of the molecule is Cc1csc(NC(=O)C(C)Sc2nnc(CC(=O)Nc3ccc(C)c(Cl)c3)n2C)n1. The molecule has 0 aliphatic rings. The molecule has 30 heavy (non-hydrogen) atoms. The Hall–Kier alpha value is -2.43. The van der Waals surface area contributed by atoms with Gasteiger partial charge < -0.3 is 15.2 Å². The topological polar surface area (TPSA) is 102 Å². The van der Waals surface area contributed by atoms with Gasteiger partial charge in [0.2, 0.25) is 11.8 Å². The minimum atomic E-state index is -0.409. The Morgan fingerprint density at radius 2 is 2.03 bits per heavy atom. The Labute approximate surface area is 187 Å². The monoisotopic (exact) mass is 464 g/mol. The molecule has 2 amide bonds. The first-order valence-corrected chi connectivity index (χ1v) is 11.2. The number of amides is 2. The standard InChI is InChI=1S/C19H21ClN6O2S2/c1-10-5-6-13(7-14(10)20)22-16(27)8-15-24-25-19(26(15)4)30-12(3)17(28)23-18-21-11(2)9-29-18/h5-7,9,12H,8H2,1-4H3,(H,22,27)(H,21,23,28). The number of aryl methyl sites for hydroxylation is 2. The summed E-state index contributed by atoms with van der Waals surface area (Å²) in [5.41, 5.74) is 2.42. The molecule has 0 saturated carbocycles. The molecule has 3 aromatic rings. The van der Waals surface area contributed by atoms with E-state index in [0.29, 0.717) is 26.8 Å². The van der Waals surface area contributed by atoms with E-state index in [4.69, 9.17) is 11.6 Å². The van der Waals surface area contributed by atoms with Crippen molar-refractivity contribution in [2.75, 3.05) is 10.6 Å². The number of nitrogens with one attached hydrogen (secondary N) is 2. The smallest absolute Gasteiger partial charge is 0.239 e. The van der Waals surface area contributed by atoms with Crippen molar-refractivity contribution in [2.24, 2.45) is 7.05 Å². The summed E-state index contributed by atoms with van der Waals surface area (Å²) in [4.78, 5) is 29.0. The van der Waals surface area contributed by atoms with Gasteiger partial charge in [0.05, 0.1) is 17.4 Å². The molecule has 2 aromatic heterocycles. The Balaban J connectivity index is 1.58. The van der Waals surface area contributed by atoms with Crippen LogP contribution in [0.15, 0.2) is 28.7 Å². The number of thioether (sulfide) groups is 1. The van der Waals surface area contributed by atoms with E-state index in [2.05, 4.69) is 25.8 Å². The van der Waals surface area contributed by atoms with Gasteiger partial charge in [-0.1, -0.05) is 29.4 Å². The molecule has 1 atom stereocenters. The summed E-state index contributed by atoms with van der Waals surface area (Å²) in [5.74, 6) is 0.0937. The average Bonchev–Trinajstić information content (AvgIpc) is 3.24. The highest BCUT2D eigenvalue weighted by Gasteiger charge is 2.20. The lowest BCUT2D eigenvalue weighted by atomic mass is 10.2. The zero-order valence-electron chi connectivity index (χ0n) is 16.9. The van der Waals surface area contributed by atoms with E-state index in [1.807, 2.05) is 25.3 Å². The summed E-state index contributed by atoms with van der Waals surface area (Å²) in [6.07, 6.45) is 0.0501. The van der Waals surface area contributed by atoms with Gasteiger partial charge in [0, 0.05) is 23.1 Å². The fourth-order valence-corrected chi connectivity index (χ4v) is 4.16. The second-order valence-electron chi connectivity index (χ2n) is 6.69. The minimum Gasteiger partial charge on any atom is -0.326 e. The number of hydrogen-bond donors (Lipinski definition) is 2. The van der Waals surface area contributed by atoms with Crippen molar-refractivity contribution in [3.8, 4) is 0 Å². The molecule has 0 aliphatic carbocycles. The lowest BCUT2D eigenvalue weighted by Crippen LogP contribution is -2.23. The number of anilines is 2. The van der Waals surface area contributed by atoms with Gasteiger partial charge in [0.25, 0.3) is 0 Å². The van der Waals surface area contributed by atoms with E-state index < -0.39 is 5.25 Å². The van der Waals surface area contributed by atoms with Gasteiger partial charge in [0.15, 0.2) is 10.3 Å². The van der Waals surface area contributed by atoms with E-state index in [-0.39, 0.29) is 18.2 Å². The van der Waals surface area contributed by atoms with Crippen LogP contribution in [0.2, 0.25) is 5.02 Å². The highest BCUT2D eigenvalue weighted by Crippen LogP contribution is 2.24. The zero-order chi connectivity index (χ0) is 21.8. The number of carbonyl (C=O) groups is 2. The van der Waals surface area contributed by atoms with Gasteiger partial charge in [-0.2, -0.15) is 0 Å². The van der Waals surface area contributed by atoms with E-state index in [1.54, 1.807) is 30.7 Å². The van der Waals surface area contributed by atoms with Crippen molar-refractivity contribution in [1.29, 1.82) is 0 Å². The molecule has 1 aromatic carbocycles. The van der Waals surface area contributed by atoms with Crippen LogP contribution < -0.4 is 10.6 Å². The lowest BCUT2D eigenvalue weighted by Gasteiger charge is -2.10. The third kappa shape index (κ3) is 5.59. The van der Waals surface area contributed by atoms with Crippen LogP contribution in [0.1, 0.15) is 24.0 Å². The molecule has 0 aliphatic heterocycles. The molecular formula is C19H21ClN6O2S2. The summed E-state index contributed by atoms with van der Waals surface area (Å²) < 4.78 is 1.71. The molecule has 2 heterocycles. The third-order valence-electron chi connectivity index (χ3n) is 4.20. The number of nitrogens with zero attached hydrogens (tertiary/aromatic N) is 4. The number of carbonyl (C=O) groups excluding carboxylic acids is 2. The number of rotatable bonds is 7. The fourth-order valence-electron chi connectivity index (χ4n) is 2.45. The Kier molecular flexibility index (Phi) is 7.11. The summed E-state index contributed by atoms with van der Waals surface area (Å²) >= 11 is 8.74. The highest BCUT2D eigenvalue weighted by atomic mass is 35.5. The summed E-state index contributed by atoms with van der Waals surface area (Å²) in [5, 5.41) is 17.0. The summed E-state index contributed by atoms with van der Waals surface area (Å²) in [6, 6.07) is 5.34. The van der Waals surface area contributed by atoms with Crippen molar-refractivity contribution in [3.05, 3.63) is 45.7 Å². The quantitative estimate of drug-likeness (QED) is 0.515. The van der Waals surface area contributed by atoms with Crippen LogP contribution in [-0.2, 0) is 23.1 Å². The van der Waals surface area contributed by atoms with Crippen LogP contribution in [0.5, 0.6) is 0 Å². The molecule has 2 N–H and O–H groups in total. The van der Waals surface area contributed by atoms with Crippen LogP contribution in [0.25, 0.3) is 0 Å². The number of aromatic nitrogens is 4. The summed E-state index contributed by atoms with van der Waals surface area (Å²) in [6.45, 7) is 5.55. The van der Waals surface area contributed by atoms with Crippen LogP contribution in [0.3, 0.4) is 0 Å². The molecule has 1 unspecified atom stereocenters. The molecule has 3 rings (SSSR count). The molecule has 8 nitrogen and oxygen atoms in total. The minimum absolute atomic E-state index is 0.0501. The normalized spacial score (nSPS) is 11.9.